The fourth-order valence-corrected chi connectivity index (χ4v) is 3.58. The maximum Gasteiger partial charge on any atom is 0.277 e. The van der Waals surface area contributed by atoms with Gasteiger partial charge in [-0.3, -0.25) is 9.59 Å². The summed E-state index contributed by atoms with van der Waals surface area (Å²) in [6.07, 6.45) is 2.31. The van der Waals surface area contributed by atoms with Crippen molar-refractivity contribution >= 4 is 28.4 Å². The highest BCUT2D eigenvalue weighted by Crippen LogP contribution is 2.28. The number of aliphatic hydroxyl groups is 1. The van der Waals surface area contributed by atoms with Gasteiger partial charge in [0.05, 0.1) is 43.6 Å². The van der Waals surface area contributed by atoms with E-state index in [0.717, 1.165) is 23.0 Å². The molecule has 2 heterocycles. The normalized spacial score (nSPS) is 11.7. The van der Waals surface area contributed by atoms with E-state index in [-0.39, 0.29) is 30.6 Å². The molecule has 36 heavy (non-hydrogen) atoms. The van der Waals surface area contributed by atoms with Crippen molar-refractivity contribution in [1.82, 2.24) is 25.0 Å². The van der Waals surface area contributed by atoms with Gasteiger partial charge < -0.3 is 20.1 Å². The van der Waals surface area contributed by atoms with Crippen LogP contribution in [-0.4, -0.2) is 61.6 Å². The molecule has 0 aliphatic heterocycles. The predicted molar refractivity (Wildman–Crippen MR) is 136 cm³/mol. The van der Waals surface area contributed by atoms with Crippen LogP contribution in [0.2, 0.25) is 0 Å². The standard InChI is InChI=1S/C26H30N6O4/c1-4-26(2,3)23(34)18-7-10-20-21(15-18)29-24(28-20)17-5-8-19(9-6-17)27-25(35)22-16-32(31-30-22)11-13-36-14-12-33/h5-10,15-16,33H,4,11-14H2,1-3H3,(H,27,35)(H,28,29). The minimum absolute atomic E-state index is 0.0420. The van der Waals surface area contributed by atoms with E-state index >= 15 is 0 Å². The van der Waals surface area contributed by atoms with Gasteiger partial charge in [0.1, 0.15) is 5.82 Å². The fraction of sp³-hybridized carbons (Fsp3) is 0.346. The first kappa shape index (κ1) is 25.2. The molecular weight excluding hydrogens is 460 g/mol. The lowest BCUT2D eigenvalue weighted by molar-refractivity contribution is 0.0833. The van der Waals surface area contributed by atoms with Crippen molar-refractivity contribution in [2.45, 2.75) is 33.7 Å². The van der Waals surface area contributed by atoms with E-state index in [0.29, 0.717) is 30.2 Å². The summed E-state index contributed by atoms with van der Waals surface area (Å²) in [5.41, 5.74) is 3.46. The lowest BCUT2D eigenvalue weighted by atomic mass is 9.82. The summed E-state index contributed by atoms with van der Waals surface area (Å²) in [4.78, 5) is 33.3. The summed E-state index contributed by atoms with van der Waals surface area (Å²) in [6, 6.07) is 12.8. The van der Waals surface area contributed by atoms with E-state index in [9.17, 15) is 9.59 Å². The molecular formula is C26H30N6O4. The van der Waals surface area contributed by atoms with Crippen LogP contribution in [0.5, 0.6) is 0 Å². The van der Waals surface area contributed by atoms with Crippen LogP contribution in [0.25, 0.3) is 22.4 Å². The molecule has 0 fully saturated rings. The van der Waals surface area contributed by atoms with Crippen molar-refractivity contribution in [1.29, 1.82) is 0 Å². The molecule has 2 aromatic heterocycles. The van der Waals surface area contributed by atoms with Crippen molar-refractivity contribution < 1.29 is 19.4 Å². The quantitative estimate of drug-likeness (QED) is 0.215. The monoisotopic (exact) mass is 490 g/mol. The smallest absolute Gasteiger partial charge is 0.277 e. The number of hydrogen-bond donors (Lipinski definition) is 3. The van der Waals surface area contributed by atoms with Gasteiger partial charge in [0.15, 0.2) is 11.5 Å². The third-order valence-corrected chi connectivity index (χ3v) is 6.13. The van der Waals surface area contributed by atoms with E-state index in [1.165, 1.54) is 4.68 Å². The van der Waals surface area contributed by atoms with E-state index in [1.807, 2.05) is 51.1 Å². The minimum Gasteiger partial charge on any atom is -0.394 e. The van der Waals surface area contributed by atoms with Gasteiger partial charge in [-0.25, -0.2) is 9.67 Å². The molecule has 0 saturated carbocycles. The van der Waals surface area contributed by atoms with Crippen LogP contribution in [0, 0.1) is 5.41 Å². The minimum atomic E-state index is -0.417. The number of benzene rings is 2. The highest BCUT2D eigenvalue weighted by Gasteiger charge is 2.26. The zero-order valence-electron chi connectivity index (χ0n) is 20.6. The predicted octanol–water partition coefficient (Wildman–Crippen LogP) is 3.70. The number of ketones is 1. The first-order chi connectivity index (χ1) is 17.3. The Labute approximate surface area is 208 Å². The fourth-order valence-electron chi connectivity index (χ4n) is 3.58. The second-order valence-corrected chi connectivity index (χ2v) is 9.12. The van der Waals surface area contributed by atoms with Gasteiger partial charge >= 0.3 is 0 Å². The van der Waals surface area contributed by atoms with Crippen LogP contribution < -0.4 is 5.32 Å². The van der Waals surface area contributed by atoms with Crippen LogP contribution in [0.3, 0.4) is 0 Å². The van der Waals surface area contributed by atoms with E-state index in [4.69, 9.17) is 9.84 Å². The molecule has 0 unspecified atom stereocenters. The van der Waals surface area contributed by atoms with Crippen molar-refractivity contribution in [3.8, 4) is 11.4 Å². The Morgan fingerprint density at radius 1 is 1.14 bits per heavy atom. The number of anilines is 1. The number of rotatable bonds is 11. The number of amides is 1. The zero-order valence-corrected chi connectivity index (χ0v) is 20.6. The molecule has 0 radical (unpaired) electrons. The third-order valence-electron chi connectivity index (χ3n) is 6.13. The average molecular weight is 491 g/mol. The number of aromatic amines is 1. The molecule has 0 bridgehead atoms. The third kappa shape index (κ3) is 5.67. The van der Waals surface area contributed by atoms with Crippen LogP contribution in [0.15, 0.2) is 48.7 Å². The lowest BCUT2D eigenvalue weighted by Gasteiger charge is -2.20. The summed E-state index contributed by atoms with van der Waals surface area (Å²) in [5.74, 6) is 0.410. The average Bonchev–Trinajstić information content (AvgIpc) is 3.53. The number of fused-ring (bicyclic) bond motifs is 1. The van der Waals surface area contributed by atoms with Gasteiger partial charge in [0, 0.05) is 22.2 Å². The Bertz CT molecular complexity index is 1360. The summed E-state index contributed by atoms with van der Waals surface area (Å²) < 4.78 is 6.70. The molecule has 10 heteroatoms. The first-order valence-electron chi connectivity index (χ1n) is 11.9. The largest absolute Gasteiger partial charge is 0.394 e. The van der Waals surface area contributed by atoms with Crippen LogP contribution in [-0.2, 0) is 11.3 Å². The number of carbonyl (C=O) groups is 2. The van der Waals surface area contributed by atoms with Gasteiger partial charge in [0.25, 0.3) is 5.91 Å². The number of aromatic nitrogens is 5. The van der Waals surface area contributed by atoms with Crippen molar-refractivity contribution in [2.75, 3.05) is 25.1 Å². The number of imidazole rings is 1. The summed E-state index contributed by atoms with van der Waals surface area (Å²) in [7, 11) is 0. The Morgan fingerprint density at radius 2 is 1.92 bits per heavy atom. The molecule has 4 aromatic rings. The molecule has 2 aromatic carbocycles. The summed E-state index contributed by atoms with van der Waals surface area (Å²) in [5, 5.41) is 19.3. The number of carbonyl (C=O) groups excluding carboxylic acids is 2. The molecule has 0 aliphatic carbocycles. The Morgan fingerprint density at radius 3 is 2.64 bits per heavy atom. The first-order valence-corrected chi connectivity index (χ1v) is 11.9. The van der Waals surface area contributed by atoms with E-state index < -0.39 is 5.41 Å². The maximum absolute atomic E-state index is 12.8. The van der Waals surface area contributed by atoms with Crippen LogP contribution in [0.4, 0.5) is 5.69 Å². The lowest BCUT2D eigenvalue weighted by Crippen LogP contribution is -2.23. The number of ether oxygens (including phenoxy) is 1. The number of nitrogens with zero attached hydrogens (tertiary/aromatic N) is 4. The number of hydrogen-bond acceptors (Lipinski definition) is 7. The highest BCUT2D eigenvalue weighted by atomic mass is 16.5. The number of nitrogens with one attached hydrogen (secondary N) is 2. The maximum atomic E-state index is 12.8. The number of aliphatic hydroxyl groups excluding tert-OH is 1. The van der Waals surface area contributed by atoms with E-state index in [2.05, 4.69) is 25.6 Å². The van der Waals surface area contributed by atoms with Crippen molar-refractivity contribution in [3.05, 3.63) is 59.9 Å². The van der Waals surface area contributed by atoms with Crippen LogP contribution in [0.1, 0.15) is 48.0 Å². The molecule has 0 aliphatic rings. The van der Waals surface area contributed by atoms with Gasteiger partial charge in [-0.2, -0.15) is 0 Å². The highest BCUT2D eigenvalue weighted by molar-refractivity contribution is 6.03. The molecule has 0 saturated heterocycles. The molecule has 0 atom stereocenters. The molecule has 3 N–H and O–H groups in total. The van der Waals surface area contributed by atoms with Gasteiger partial charge in [0.2, 0.25) is 0 Å². The van der Waals surface area contributed by atoms with Crippen LogP contribution >= 0.6 is 0 Å². The van der Waals surface area contributed by atoms with Crippen molar-refractivity contribution in [2.24, 2.45) is 5.41 Å². The van der Waals surface area contributed by atoms with E-state index in [1.54, 1.807) is 18.3 Å². The molecule has 188 valence electrons. The zero-order chi connectivity index (χ0) is 25.7. The topological polar surface area (TPSA) is 135 Å². The Balaban J connectivity index is 1.42. The molecule has 0 spiro atoms. The number of Topliss-reactive ketones (excluding diaryl/α,β-unsaturated/α-hetero) is 1. The Kier molecular flexibility index (Phi) is 7.56. The van der Waals surface area contributed by atoms with Gasteiger partial charge in [-0.15, -0.1) is 5.10 Å². The van der Waals surface area contributed by atoms with Crippen molar-refractivity contribution in [3.63, 3.8) is 0 Å². The molecule has 4 rings (SSSR count). The SMILES string of the molecule is CCC(C)(C)C(=O)c1ccc2nc(-c3ccc(NC(=O)c4cn(CCOCCO)nn4)cc3)[nH]c2c1. The molecule has 10 nitrogen and oxygen atoms in total. The second-order valence-electron chi connectivity index (χ2n) is 9.12. The molecule has 1 amide bonds. The van der Waals surface area contributed by atoms with Gasteiger partial charge in [-0.1, -0.05) is 26.0 Å². The second kappa shape index (κ2) is 10.8. The summed E-state index contributed by atoms with van der Waals surface area (Å²) in [6.45, 7) is 6.93. The number of H-pyrrole nitrogens is 1. The van der Waals surface area contributed by atoms with Gasteiger partial charge in [-0.05, 0) is 48.9 Å². The summed E-state index contributed by atoms with van der Waals surface area (Å²) >= 11 is 0. The Hall–Kier alpha value is -3.89.